The lowest BCUT2D eigenvalue weighted by Crippen LogP contribution is -2.22. The standard InChI is InChI=1S/C13H18BrN/c1-4-15-11(3)6-8-12-7-5-10(2)13(14)9-12/h5-9,11,15H,4H2,1-3H3/b8-6+. The Morgan fingerprint density at radius 1 is 1.47 bits per heavy atom. The molecule has 1 nitrogen and oxygen atoms in total. The molecule has 2 heteroatoms. The van der Waals surface area contributed by atoms with E-state index in [1.54, 1.807) is 0 Å². The van der Waals surface area contributed by atoms with Gasteiger partial charge in [-0.1, -0.05) is 47.1 Å². The van der Waals surface area contributed by atoms with E-state index in [1.807, 2.05) is 0 Å². The minimum atomic E-state index is 0.426. The number of likely N-dealkylation sites (N-methyl/N-ethyl adjacent to an activating group) is 1. The van der Waals surface area contributed by atoms with Crippen LogP contribution in [-0.4, -0.2) is 12.6 Å². The van der Waals surface area contributed by atoms with Crippen LogP contribution in [0.4, 0.5) is 0 Å². The molecule has 1 rings (SSSR count). The molecule has 0 aliphatic heterocycles. The van der Waals surface area contributed by atoms with Gasteiger partial charge in [-0.25, -0.2) is 0 Å². The molecule has 0 bridgehead atoms. The summed E-state index contributed by atoms with van der Waals surface area (Å²) in [4.78, 5) is 0. The molecule has 1 aromatic rings. The van der Waals surface area contributed by atoms with E-state index in [2.05, 4.69) is 72.4 Å². The van der Waals surface area contributed by atoms with Gasteiger partial charge in [0, 0.05) is 10.5 Å². The summed E-state index contributed by atoms with van der Waals surface area (Å²) < 4.78 is 1.17. The van der Waals surface area contributed by atoms with Crippen LogP contribution in [0, 0.1) is 6.92 Å². The fourth-order valence-corrected chi connectivity index (χ4v) is 1.75. The third kappa shape index (κ3) is 4.18. The third-order valence-corrected chi connectivity index (χ3v) is 3.15. The smallest absolute Gasteiger partial charge is 0.0224 e. The topological polar surface area (TPSA) is 12.0 Å². The van der Waals surface area contributed by atoms with Crippen LogP contribution in [0.25, 0.3) is 6.08 Å². The maximum atomic E-state index is 3.53. The molecular formula is C13H18BrN. The lowest BCUT2D eigenvalue weighted by molar-refractivity contribution is 0.663. The van der Waals surface area contributed by atoms with Crippen LogP contribution in [-0.2, 0) is 0 Å². The first-order valence-electron chi connectivity index (χ1n) is 5.31. The first-order chi connectivity index (χ1) is 7.13. The largest absolute Gasteiger partial charge is 0.311 e. The Kier molecular flexibility index (Phi) is 5.06. The van der Waals surface area contributed by atoms with Gasteiger partial charge in [0.15, 0.2) is 0 Å². The van der Waals surface area contributed by atoms with E-state index in [-0.39, 0.29) is 0 Å². The molecule has 0 aliphatic rings. The van der Waals surface area contributed by atoms with E-state index in [4.69, 9.17) is 0 Å². The van der Waals surface area contributed by atoms with Crippen molar-refractivity contribution in [3.05, 3.63) is 39.9 Å². The van der Waals surface area contributed by atoms with Gasteiger partial charge < -0.3 is 5.32 Å². The van der Waals surface area contributed by atoms with Crippen LogP contribution in [0.1, 0.15) is 25.0 Å². The molecule has 82 valence electrons. The zero-order valence-electron chi connectivity index (χ0n) is 9.55. The fourth-order valence-electron chi connectivity index (χ4n) is 1.36. The minimum Gasteiger partial charge on any atom is -0.311 e. The Balaban J connectivity index is 2.68. The Bertz CT molecular complexity index is 344. The van der Waals surface area contributed by atoms with Crippen molar-refractivity contribution in [3.63, 3.8) is 0 Å². The number of benzene rings is 1. The van der Waals surface area contributed by atoms with E-state index in [0.29, 0.717) is 6.04 Å². The van der Waals surface area contributed by atoms with E-state index in [9.17, 15) is 0 Å². The number of rotatable bonds is 4. The highest BCUT2D eigenvalue weighted by atomic mass is 79.9. The zero-order chi connectivity index (χ0) is 11.3. The third-order valence-electron chi connectivity index (χ3n) is 2.30. The van der Waals surface area contributed by atoms with Gasteiger partial charge in [-0.3, -0.25) is 0 Å². The number of aryl methyl sites for hydroxylation is 1. The normalized spacial score (nSPS) is 13.3. The first kappa shape index (κ1) is 12.5. The molecule has 1 N–H and O–H groups in total. The molecule has 0 spiro atoms. The van der Waals surface area contributed by atoms with Gasteiger partial charge in [0.25, 0.3) is 0 Å². The predicted molar refractivity (Wildman–Crippen MR) is 71.1 cm³/mol. The first-order valence-corrected chi connectivity index (χ1v) is 6.10. The molecule has 0 fully saturated rings. The molecule has 0 saturated carbocycles. The summed E-state index contributed by atoms with van der Waals surface area (Å²) in [6.07, 6.45) is 4.33. The SMILES string of the molecule is CCNC(C)/C=C/c1ccc(C)c(Br)c1. The maximum Gasteiger partial charge on any atom is 0.0224 e. The van der Waals surface area contributed by atoms with Gasteiger partial charge in [0.2, 0.25) is 0 Å². The summed E-state index contributed by atoms with van der Waals surface area (Å²) in [7, 11) is 0. The molecule has 1 atom stereocenters. The summed E-state index contributed by atoms with van der Waals surface area (Å²) >= 11 is 3.53. The van der Waals surface area contributed by atoms with Crippen LogP contribution >= 0.6 is 15.9 Å². The molecule has 1 unspecified atom stereocenters. The van der Waals surface area contributed by atoms with Gasteiger partial charge in [0.1, 0.15) is 0 Å². The maximum absolute atomic E-state index is 3.53. The van der Waals surface area contributed by atoms with Crippen LogP contribution in [0.2, 0.25) is 0 Å². The lowest BCUT2D eigenvalue weighted by atomic mass is 10.1. The summed E-state index contributed by atoms with van der Waals surface area (Å²) in [6, 6.07) is 6.83. The molecule has 0 heterocycles. The number of hydrogen-bond acceptors (Lipinski definition) is 1. The summed E-state index contributed by atoms with van der Waals surface area (Å²) in [5.74, 6) is 0. The lowest BCUT2D eigenvalue weighted by Gasteiger charge is -2.06. The number of halogens is 1. The molecule has 1 aromatic carbocycles. The van der Waals surface area contributed by atoms with Gasteiger partial charge in [-0.15, -0.1) is 0 Å². The van der Waals surface area contributed by atoms with Crippen molar-refractivity contribution in [2.24, 2.45) is 0 Å². The number of nitrogens with one attached hydrogen (secondary N) is 1. The van der Waals surface area contributed by atoms with Crippen LogP contribution in [0.3, 0.4) is 0 Å². The molecule has 0 radical (unpaired) electrons. The van der Waals surface area contributed by atoms with Crippen molar-refractivity contribution in [3.8, 4) is 0 Å². The quantitative estimate of drug-likeness (QED) is 0.876. The minimum absolute atomic E-state index is 0.426. The molecule has 0 aliphatic carbocycles. The fraction of sp³-hybridized carbons (Fsp3) is 0.385. The van der Waals surface area contributed by atoms with Gasteiger partial charge in [-0.05, 0) is 37.6 Å². The van der Waals surface area contributed by atoms with Crippen LogP contribution < -0.4 is 5.32 Å². The van der Waals surface area contributed by atoms with Gasteiger partial charge in [0.05, 0.1) is 0 Å². The highest BCUT2D eigenvalue weighted by Crippen LogP contribution is 2.18. The monoisotopic (exact) mass is 267 g/mol. The molecule has 0 amide bonds. The van der Waals surface area contributed by atoms with Crippen molar-refractivity contribution in [2.75, 3.05) is 6.54 Å². The van der Waals surface area contributed by atoms with Crippen molar-refractivity contribution >= 4 is 22.0 Å². The average molecular weight is 268 g/mol. The average Bonchev–Trinajstić information content (AvgIpc) is 2.20. The molecule has 0 aromatic heterocycles. The van der Waals surface area contributed by atoms with Gasteiger partial charge in [-0.2, -0.15) is 0 Å². The second kappa shape index (κ2) is 6.09. The van der Waals surface area contributed by atoms with E-state index in [0.717, 1.165) is 6.54 Å². The highest BCUT2D eigenvalue weighted by molar-refractivity contribution is 9.10. The Morgan fingerprint density at radius 3 is 2.80 bits per heavy atom. The van der Waals surface area contributed by atoms with Crippen molar-refractivity contribution in [1.29, 1.82) is 0 Å². The molecule has 15 heavy (non-hydrogen) atoms. The molecule has 0 saturated heterocycles. The highest BCUT2D eigenvalue weighted by Gasteiger charge is 1.95. The summed E-state index contributed by atoms with van der Waals surface area (Å²) in [6.45, 7) is 7.37. The Morgan fingerprint density at radius 2 is 2.20 bits per heavy atom. The van der Waals surface area contributed by atoms with Crippen molar-refractivity contribution in [2.45, 2.75) is 26.8 Å². The second-order valence-corrected chi connectivity index (χ2v) is 4.57. The van der Waals surface area contributed by atoms with E-state index >= 15 is 0 Å². The summed E-state index contributed by atoms with van der Waals surface area (Å²) in [5.41, 5.74) is 2.50. The van der Waals surface area contributed by atoms with Crippen molar-refractivity contribution < 1.29 is 0 Å². The second-order valence-electron chi connectivity index (χ2n) is 3.71. The molecular weight excluding hydrogens is 250 g/mol. The predicted octanol–water partition coefficient (Wildman–Crippen LogP) is 3.77. The number of hydrogen-bond donors (Lipinski definition) is 1. The Labute approximate surface area is 101 Å². The van der Waals surface area contributed by atoms with E-state index in [1.165, 1.54) is 15.6 Å². The zero-order valence-corrected chi connectivity index (χ0v) is 11.1. The Hall–Kier alpha value is -0.600. The van der Waals surface area contributed by atoms with E-state index < -0.39 is 0 Å². The van der Waals surface area contributed by atoms with Gasteiger partial charge >= 0.3 is 0 Å². The van der Waals surface area contributed by atoms with Crippen molar-refractivity contribution in [1.82, 2.24) is 5.32 Å². The van der Waals surface area contributed by atoms with Crippen LogP contribution in [0.5, 0.6) is 0 Å². The summed E-state index contributed by atoms with van der Waals surface area (Å²) in [5, 5.41) is 3.34. The van der Waals surface area contributed by atoms with Crippen LogP contribution in [0.15, 0.2) is 28.7 Å².